The normalized spacial score (nSPS) is 14.6. The Morgan fingerprint density at radius 1 is 1.38 bits per heavy atom. The molecule has 2 aromatic heterocycles. The molecule has 7 nitrogen and oxygen atoms in total. The van der Waals surface area contributed by atoms with Crippen molar-refractivity contribution < 1.29 is 9.53 Å². The van der Waals surface area contributed by atoms with E-state index in [-0.39, 0.29) is 5.91 Å². The van der Waals surface area contributed by atoms with Crippen LogP contribution < -0.4 is 10.2 Å². The van der Waals surface area contributed by atoms with Gasteiger partial charge in [-0.05, 0) is 18.6 Å². The van der Waals surface area contributed by atoms with Gasteiger partial charge in [0, 0.05) is 25.7 Å². The van der Waals surface area contributed by atoms with Gasteiger partial charge >= 0.3 is 0 Å². The summed E-state index contributed by atoms with van der Waals surface area (Å²) in [5.74, 6) is 0.483. The van der Waals surface area contributed by atoms with Crippen molar-refractivity contribution in [2.45, 2.75) is 26.2 Å². The minimum absolute atomic E-state index is 0.206. The standard InChI is InChI=1S/C16H21N5O2S/c1-2-3-6-13-19-20-16(24-13)18-15(22)12-5-4-7-17-14(12)21-8-10-23-11-9-21/h4-5,7H,2-3,6,8-11H2,1H3,(H,18,20,22). The molecule has 8 heteroatoms. The van der Waals surface area contributed by atoms with Crippen molar-refractivity contribution in [2.75, 3.05) is 36.5 Å². The summed E-state index contributed by atoms with van der Waals surface area (Å²) in [4.78, 5) is 19.1. The Balaban J connectivity index is 1.71. The van der Waals surface area contributed by atoms with Gasteiger partial charge in [0.05, 0.1) is 18.8 Å². The number of unbranched alkanes of at least 4 members (excludes halogenated alkanes) is 1. The molecule has 0 spiro atoms. The number of morpholine rings is 1. The van der Waals surface area contributed by atoms with Crippen LogP contribution in [0.5, 0.6) is 0 Å². The molecule has 0 atom stereocenters. The smallest absolute Gasteiger partial charge is 0.261 e. The molecule has 1 aliphatic heterocycles. The predicted octanol–water partition coefficient (Wildman–Crippen LogP) is 2.36. The summed E-state index contributed by atoms with van der Waals surface area (Å²) in [6, 6.07) is 3.55. The summed E-state index contributed by atoms with van der Waals surface area (Å²) in [6.07, 6.45) is 4.79. The molecule has 128 valence electrons. The van der Waals surface area contributed by atoms with E-state index in [0.29, 0.717) is 29.7 Å². The van der Waals surface area contributed by atoms with Crippen molar-refractivity contribution in [1.29, 1.82) is 0 Å². The minimum Gasteiger partial charge on any atom is -0.378 e. The molecule has 0 aromatic carbocycles. The Morgan fingerprint density at radius 2 is 2.21 bits per heavy atom. The molecule has 0 unspecified atom stereocenters. The molecule has 3 heterocycles. The highest BCUT2D eigenvalue weighted by Gasteiger charge is 2.20. The Labute approximate surface area is 145 Å². The molecule has 1 fully saturated rings. The first-order valence-electron chi connectivity index (χ1n) is 8.19. The van der Waals surface area contributed by atoms with Crippen LogP contribution in [-0.4, -0.2) is 47.4 Å². The molecule has 0 radical (unpaired) electrons. The molecule has 1 saturated heterocycles. The molecule has 24 heavy (non-hydrogen) atoms. The lowest BCUT2D eigenvalue weighted by Crippen LogP contribution is -2.38. The number of rotatable bonds is 6. The highest BCUT2D eigenvalue weighted by molar-refractivity contribution is 7.15. The van der Waals surface area contributed by atoms with Crippen LogP contribution in [0.4, 0.5) is 10.9 Å². The SMILES string of the molecule is CCCCc1nnc(NC(=O)c2cccnc2N2CCOCC2)s1. The second kappa shape index (κ2) is 8.16. The number of nitrogens with zero attached hydrogens (tertiary/aromatic N) is 4. The number of carbonyl (C=O) groups is 1. The van der Waals surface area contributed by atoms with Crippen LogP contribution in [0.15, 0.2) is 18.3 Å². The van der Waals surface area contributed by atoms with E-state index in [2.05, 4.69) is 32.3 Å². The molecule has 1 aliphatic rings. The van der Waals surface area contributed by atoms with Crippen LogP contribution >= 0.6 is 11.3 Å². The molecule has 1 amide bonds. The van der Waals surface area contributed by atoms with Gasteiger partial charge in [-0.15, -0.1) is 10.2 Å². The number of amides is 1. The number of aromatic nitrogens is 3. The summed E-state index contributed by atoms with van der Waals surface area (Å²) in [7, 11) is 0. The fourth-order valence-electron chi connectivity index (χ4n) is 2.50. The summed E-state index contributed by atoms with van der Waals surface area (Å²) < 4.78 is 5.37. The van der Waals surface area contributed by atoms with E-state index in [0.717, 1.165) is 37.4 Å². The number of ether oxygens (including phenoxy) is 1. The second-order valence-electron chi connectivity index (χ2n) is 5.53. The third-order valence-electron chi connectivity index (χ3n) is 3.77. The topological polar surface area (TPSA) is 80.2 Å². The van der Waals surface area contributed by atoms with Gasteiger partial charge in [-0.25, -0.2) is 4.98 Å². The van der Waals surface area contributed by atoms with E-state index < -0.39 is 0 Å². The predicted molar refractivity (Wildman–Crippen MR) is 93.7 cm³/mol. The van der Waals surface area contributed by atoms with Crippen molar-refractivity contribution in [3.05, 3.63) is 28.9 Å². The molecule has 1 N–H and O–H groups in total. The van der Waals surface area contributed by atoms with E-state index in [1.807, 2.05) is 0 Å². The van der Waals surface area contributed by atoms with Gasteiger partial charge in [-0.1, -0.05) is 24.7 Å². The van der Waals surface area contributed by atoms with Gasteiger partial charge in [-0.2, -0.15) is 0 Å². The quantitative estimate of drug-likeness (QED) is 0.864. The third-order valence-corrected chi connectivity index (χ3v) is 4.67. The first-order valence-corrected chi connectivity index (χ1v) is 9.01. The van der Waals surface area contributed by atoms with Crippen molar-refractivity contribution >= 4 is 28.2 Å². The average Bonchev–Trinajstić information content (AvgIpc) is 3.08. The lowest BCUT2D eigenvalue weighted by atomic mass is 10.2. The molecule has 0 saturated carbocycles. The van der Waals surface area contributed by atoms with Crippen LogP contribution in [0.25, 0.3) is 0 Å². The highest BCUT2D eigenvalue weighted by atomic mass is 32.1. The van der Waals surface area contributed by atoms with Crippen molar-refractivity contribution in [3.63, 3.8) is 0 Å². The number of hydrogen-bond donors (Lipinski definition) is 1. The molecule has 3 rings (SSSR count). The van der Waals surface area contributed by atoms with Crippen LogP contribution in [0.2, 0.25) is 0 Å². The summed E-state index contributed by atoms with van der Waals surface area (Å²) in [6.45, 7) is 4.90. The van der Waals surface area contributed by atoms with Gasteiger partial charge in [0.2, 0.25) is 5.13 Å². The lowest BCUT2D eigenvalue weighted by molar-refractivity contribution is 0.102. The van der Waals surface area contributed by atoms with E-state index in [4.69, 9.17) is 4.74 Å². The van der Waals surface area contributed by atoms with Crippen LogP contribution in [0.1, 0.15) is 35.1 Å². The first-order chi connectivity index (χ1) is 11.8. The van der Waals surface area contributed by atoms with Gasteiger partial charge < -0.3 is 9.64 Å². The van der Waals surface area contributed by atoms with Crippen LogP contribution in [0.3, 0.4) is 0 Å². The van der Waals surface area contributed by atoms with E-state index >= 15 is 0 Å². The maximum absolute atomic E-state index is 12.6. The van der Waals surface area contributed by atoms with Crippen molar-refractivity contribution in [1.82, 2.24) is 15.2 Å². The maximum atomic E-state index is 12.6. The van der Waals surface area contributed by atoms with Gasteiger partial charge in [0.25, 0.3) is 5.91 Å². The lowest BCUT2D eigenvalue weighted by Gasteiger charge is -2.28. The third kappa shape index (κ3) is 4.07. The van der Waals surface area contributed by atoms with Crippen molar-refractivity contribution in [2.24, 2.45) is 0 Å². The number of hydrogen-bond acceptors (Lipinski definition) is 7. The first kappa shape index (κ1) is 16.8. The molecular formula is C16H21N5O2S. The highest BCUT2D eigenvalue weighted by Crippen LogP contribution is 2.22. The zero-order chi connectivity index (χ0) is 16.8. The van der Waals surface area contributed by atoms with Crippen molar-refractivity contribution in [3.8, 4) is 0 Å². The van der Waals surface area contributed by atoms with E-state index in [1.54, 1.807) is 18.3 Å². The number of carbonyl (C=O) groups excluding carboxylic acids is 1. The summed E-state index contributed by atoms with van der Waals surface area (Å²) in [5.41, 5.74) is 0.546. The Hall–Kier alpha value is -2.06. The Kier molecular flexibility index (Phi) is 5.71. The summed E-state index contributed by atoms with van der Waals surface area (Å²) in [5, 5.41) is 12.5. The van der Waals surface area contributed by atoms with Crippen LogP contribution in [-0.2, 0) is 11.2 Å². The van der Waals surface area contributed by atoms with Gasteiger partial charge in [0.1, 0.15) is 10.8 Å². The van der Waals surface area contributed by atoms with Gasteiger partial charge in [0.15, 0.2) is 0 Å². The number of aryl methyl sites for hydroxylation is 1. The van der Waals surface area contributed by atoms with Gasteiger partial charge in [-0.3, -0.25) is 10.1 Å². The van der Waals surface area contributed by atoms with Crippen LogP contribution in [0, 0.1) is 0 Å². The molecule has 0 bridgehead atoms. The molecule has 2 aromatic rings. The number of nitrogens with one attached hydrogen (secondary N) is 1. The maximum Gasteiger partial charge on any atom is 0.261 e. The number of anilines is 2. The van der Waals surface area contributed by atoms with E-state index in [9.17, 15) is 4.79 Å². The molecular weight excluding hydrogens is 326 g/mol. The zero-order valence-corrected chi connectivity index (χ0v) is 14.5. The summed E-state index contributed by atoms with van der Waals surface area (Å²) >= 11 is 1.43. The Bertz CT molecular complexity index is 685. The Morgan fingerprint density at radius 3 is 3.00 bits per heavy atom. The zero-order valence-electron chi connectivity index (χ0n) is 13.7. The monoisotopic (exact) mass is 347 g/mol. The molecule has 0 aliphatic carbocycles. The second-order valence-corrected chi connectivity index (χ2v) is 6.59. The fraction of sp³-hybridized carbons (Fsp3) is 0.500. The fourth-order valence-corrected chi connectivity index (χ4v) is 3.28. The van der Waals surface area contributed by atoms with E-state index in [1.165, 1.54) is 11.3 Å². The minimum atomic E-state index is -0.206. The number of pyridine rings is 1. The largest absolute Gasteiger partial charge is 0.378 e. The average molecular weight is 347 g/mol.